The van der Waals surface area contributed by atoms with Crippen LogP contribution >= 0.6 is 0 Å². The number of azo groups is 1. The lowest BCUT2D eigenvalue weighted by Gasteiger charge is -2.23. The van der Waals surface area contributed by atoms with Crippen LogP contribution in [0.3, 0.4) is 0 Å². The van der Waals surface area contributed by atoms with Gasteiger partial charge in [0.1, 0.15) is 6.61 Å². The number of likely N-dealkylation sites (N-methyl/N-ethyl adjacent to an activating group) is 1. The molecule has 10 heteroatoms. The fraction of sp³-hybridized carbons (Fsp3) is 0.217. The zero-order valence-corrected chi connectivity index (χ0v) is 18.1. The molecule has 10 nitrogen and oxygen atoms in total. The summed E-state index contributed by atoms with van der Waals surface area (Å²) in [7, 11) is 0. The van der Waals surface area contributed by atoms with Crippen molar-refractivity contribution < 1.29 is 14.5 Å². The first-order valence-corrected chi connectivity index (χ1v) is 10.4. The molecule has 0 aliphatic carbocycles. The van der Waals surface area contributed by atoms with Crippen molar-refractivity contribution in [2.75, 3.05) is 24.6 Å². The minimum Gasteiger partial charge on any atom is -0.448 e. The number of carbonyl (C=O) groups is 1. The number of alkyl carbamates (subject to hydrolysis) is 1. The first-order valence-electron chi connectivity index (χ1n) is 10.4. The molecule has 1 N–H and O–H groups in total. The van der Waals surface area contributed by atoms with Gasteiger partial charge in [-0.05, 0) is 61.0 Å². The van der Waals surface area contributed by atoms with E-state index in [1.807, 2.05) is 43.3 Å². The van der Waals surface area contributed by atoms with Crippen LogP contribution in [0, 0.1) is 10.1 Å². The molecule has 1 aromatic heterocycles. The van der Waals surface area contributed by atoms with Crippen molar-refractivity contribution in [2.45, 2.75) is 13.5 Å². The van der Waals surface area contributed by atoms with Crippen LogP contribution < -0.4 is 10.2 Å². The maximum Gasteiger partial charge on any atom is 0.407 e. The Hall–Kier alpha value is -4.34. The minimum atomic E-state index is -0.468. The predicted molar refractivity (Wildman–Crippen MR) is 124 cm³/mol. The summed E-state index contributed by atoms with van der Waals surface area (Å²) in [6.07, 6.45) is 2.87. The van der Waals surface area contributed by atoms with E-state index in [0.717, 1.165) is 17.8 Å². The zero-order chi connectivity index (χ0) is 23.5. The van der Waals surface area contributed by atoms with E-state index < -0.39 is 11.0 Å². The van der Waals surface area contributed by atoms with Crippen LogP contribution in [0.1, 0.15) is 12.5 Å². The lowest BCUT2D eigenvalue weighted by molar-refractivity contribution is -0.384. The quantitative estimate of drug-likeness (QED) is 0.260. The number of hydrogen-bond acceptors (Lipinski definition) is 8. The molecule has 3 aromatic rings. The van der Waals surface area contributed by atoms with Crippen molar-refractivity contribution in [3.8, 4) is 0 Å². The number of non-ortho nitro benzene ring substituents is 1. The van der Waals surface area contributed by atoms with Crippen LogP contribution in [0.2, 0.25) is 0 Å². The topological polar surface area (TPSA) is 122 Å². The van der Waals surface area contributed by atoms with Gasteiger partial charge in [-0.2, -0.15) is 10.2 Å². The molecule has 0 aliphatic rings. The van der Waals surface area contributed by atoms with E-state index in [1.54, 1.807) is 24.5 Å². The average molecular weight is 448 g/mol. The molecule has 3 rings (SSSR count). The Labute approximate surface area is 191 Å². The van der Waals surface area contributed by atoms with Gasteiger partial charge < -0.3 is 15.0 Å². The molecule has 0 fully saturated rings. The molecule has 0 radical (unpaired) electrons. The van der Waals surface area contributed by atoms with Gasteiger partial charge >= 0.3 is 6.09 Å². The molecule has 33 heavy (non-hydrogen) atoms. The van der Waals surface area contributed by atoms with E-state index in [0.29, 0.717) is 24.5 Å². The number of benzene rings is 2. The maximum atomic E-state index is 11.9. The lowest BCUT2D eigenvalue weighted by Crippen LogP contribution is -2.30. The number of nitrogens with one attached hydrogen (secondary N) is 1. The highest BCUT2D eigenvalue weighted by molar-refractivity contribution is 5.67. The predicted octanol–water partition coefficient (Wildman–Crippen LogP) is 5.16. The lowest BCUT2D eigenvalue weighted by atomic mass is 10.2. The summed E-state index contributed by atoms with van der Waals surface area (Å²) in [5, 5.41) is 21.7. The summed E-state index contributed by atoms with van der Waals surface area (Å²) in [5.41, 5.74) is 3.10. The number of rotatable bonds is 10. The number of nitro benzene ring substituents is 1. The second-order valence-corrected chi connectivity index (χ2v) is 6.91. The van der Waals surface area contributed by atoms with Gasteiger partial charge in [0.25, 0.3) is 5.69 Å². The van der Waals surface area contributed by atoms with E-state index in [4.69, 9.17) is 4.74 Å². The van der Waals surface area contributed by atoms with Crippen LogP contribution in [-0.2, 0) is 11.3 Å². The molecule has 0 saturated heterocycles. The van der Waals surface area contributed by atoms with E-state index in [-0.39, 0.29) is 12.3 Å². The standard InChI is InChI=1S/C23H24N6O4/c1-2-28(15-16-33-23(30)25-17-18-11-13-24-14-12-18)21-7-3-19(4-8-21)26-27-20-5-9-22(10-6-20)29(31)32/h3-14H,2,15-17H2,1H3,(H,25,30). The molecular weight excluding hydrogens is 424 g/mol. The first-order chi connectivity index (χ1) is 16.0. The van der Waals surface area contributed by atoms with E-state index in [9.17, 15) is 14.9 Å². The Kier molecular flexibility index (Phi) is 8.41. The number of pyridine rings is 1. The fourth-order valence-electron chi connectivity index (χ4n) is 2.93. The average Bonchev–Trinajstić information content (AvgIpc) is 2.85. The smallest absolute Gasteiger partial charge is 0.407 e. The molecule has 0 bridgehead atoms. The second kappa shape index (κ2) is 11.9. The summed E-state index contributed by atoms with van der Waals surface area (Å²) in [6, 6.07) is 17.0. The van der Waals surface area contributed by atoms with Crippen molar-refractivity contribution in [3.63, 3.8) is 0 Å². The highest BCUT2D eigenvalue weighted by Crippen LogP contribution is 2.23. The fourth-order valence-corrected chi connectivity index (χ4v) is 2.93. The second-order valence-electron chi connectivity index (χ2n) is 6.91. The van der Waals surface area contributed by atoms with Gasteiger partial charge in [-0.15, -0.1) is 0 Å². The van der Waals surface area contributed by atoms with Crippen LogP contribution in [0.15, 0.2) is 83.3 Å². The molecule has 1 amide bonds. The normalized spacial score (nSPS) is 10.7. The molecular formula is C23H24N6O4. The molecule has 0 aliphatic heterocycles. The number of hydrogen-bond donors (Lipinski definition) is 1. The van der Waals surface area contributed by atoms with E-state index in [1.165, 1.54) is 12.1 Å². The molecule has 0 unspecified atom stereocenters. The first kappa shape index (κ1) is 23.3. The Bertz CT molecular complexity index is 1070. The number of anilines is 1. The van der Waals surface area contributed by atoms with Gasteiger partial charge in [-0.3, -0.25) is 15.1 Å². The number of nitro groups is 1. The monoisotopic (exact) mass is 448 g/mol. The van der Waals surface area contributed by atoms with Gasteiger partial charge in [0.15, 0.2) is 0 Å². The molecule has 0 saturated carbocycles. The number of ether oxygens (including phenoxy) is 1. The molecule has 170 valence electrons. The molecule has 0 spiro atoms. The summed E-state index contributed by atoms with van der Waals surface area (Å²) < 4.78 is 5.27. The molecule has 0 atom stereocenters. The van der Waals surface area contributed by atoms with Crippen molar-refractivity contribution in [1.82, 2.24) is 10.3 Å². The van der Waals surface area contributed by atoms with E-state index >= 15 is 0 Å². The van der Waals surface area contributed by atoms with Gasteiger partial charge in [0.2, 0.25) is 0 Å². The SMILES string of the molecule is CCN(CCOC(=O)NCc1ccncc1)c1ccc(N=Nc2ccc([N+](=O)[O-])cc2)cc1. The third-order valence-corrected chi connectivity index (χ3v) is 4.72. The largest absolute Gasteiger partial charge is 0.448 e. The van der Waals surface area contributed by atoms with Gasteiger partial charge in [0.05, 0.1) is 22.8 Å². The van der Waals surface area contributed by atoms with Gasteiger partial charge in [-0.25, -0.2) is 4.79 Å². The summed E-state index contributed by atoms with van der Waals surface area (Å²) in [4.78, 5) is 28.1. The minimum absolute atomic E-state index is 0.00756. The third kappa shape index (κ3) is 7.39. The van der Waals surface area contributed by atoms with Crippen molar-refractivity contribution >= 4 is 28.8 Å². The number of carbonyl (C=O) groups excluding carboxylic acids is 1. The Morgan fingerprint density at radius 1 is 1.03 bits per heavy atom. The molecule has 1 heterocycles. The summed E-state index contributed by atoms with van der Waals surface area (Å²) >= 11 is 0. The highest BCUT2D eigenvalue weighted by atomic mass is 16.6. The Morgan fingerprint density at radius 3 is 2.21 bits per heavy atom. The summed E-state index contributed by atoms with van der Waals surface area (Å²) in [6.45, 7) is 3.94. The number of nitrogens with zero attached hydrogens (tertiary/aromatic N) is 5. The van der Waals surface area contributed by atoms with Crippen LogP contribution in [0.25, 0.3) is 0 Å². The van der Waals surface area contributed by atoms with Crippen molar-refractivity contribution in [1.29, 1.82) is 0 Å². The van der Waals surface area contributed by atoms with E-state index in [2.05, 4.69) is 25.4 Å². The van der Waals surface area contributed by atoms with Gasteiger partial charge in [-0.1, -0.05) is 0 Å². The zero-order valence-electron chi connectivity index (χ0n) is 18.1. The maximum absolute atomic E-state index is 11.9. The van der Waals surface area contributed by atoms with Crippen LogP contribution in [0.5, 0.6) is 0 Å². The summed E-state index contributed by atoms with van der Waals surface area (Å²) in [5.74, 6) is 0. The van der Waals surface area contributed by atoms with Crippen molar-refractivity contribution in [3.05, 3.63) is 88.7 Å². The van der Waals surface area contributed by atoms with Crippen LogP contribution in [-0.4, -0.2) is 35.7 Å². The Morgan fingerprint density at radius 2 is 1.64 bits per heavy atom. The van der Waals surface area contributed by atoms with Crippen molar-refractivity contribution in [2.24, 2.45) is 10.2 Å². The van der Waals surface area contributed by atoms with Gasteiger partial charge in [0, 0.05) is 43.3 Å². The number of amides is 1. The van der Waals surface area contributed by atoms with Crippen LogP contribution in [0.4, 0.5) is 27.5 Å². The molecule has 2 aromatic carbocycles. The highest BCUT2D eigenvalue weighted by Gasteiger charge is 2.07. The third-order valence-electron chi connectivity index (χ3n) is 4.72. The Balaban J connectivity index is 1.46. The number of aromatic nitrogens is 1.